The van der Waals surface area contributed by atoms with Crippen molar-refractivity contribution in [1.82, 2.24) is 5.32 Å². The third kappa shape index (κ3) is 2.50. The zero-order valence-corrected chi connectivity index (χ0v) is 11.2. The van der Waals surface area contributed by atoms with Crippen molar-refractivity contribution in [3.63, 3.8) is 0 Å². The van der Waals surface area contributed by atoms with Crippen LogP contribution >= 0.6 is 15.9 Å². The SMILES string of the molecule is CC(Br)C(C)(C)NC(=O)C1CC1(C)C. The largest absolute Gasteiger partial charge is 0.350 e. The van der Waals surface area contributed by atoms with Crippen molar-refractivity contribution in [3.05, 3.63) is 0 Å². The number of hydrogen-bond acceptors (Lipinski definition) is 1. The molecule has 0 radical (unpaired) electrons. The van der Waals surface area contributed by atoms with E-state index in [9.17, 15) is 4.79 Å². The Morgan fingerprint density at radius 2 is 2.00 bits per heavy atom. The minimum atomic E-state index is -0.171. The lowest BCUT2D eigenvalue weighted by molar-refractivity contribution is -0.124. The van der Waals surface area contributed by atoms with Crippen LogP contribution in [-0.4, -0.2) is 16.3 Å². The van der Waals surface area contributed by atoms with Gasteiger partial charge in [0.05, 0.1) is 0 Å². The molecule has 2 nitrogen and oxygen atoms in total. The standard InChI is InChI=1S/C11H20BrNO/c1-7(12)11(4,5)13-9(14)8-6-10(8,2)3/h7-8H,6H2,1-5H3,(H,13,14). The van der Waals surface area contributed by atoms with Crippen molar-refractivity contribution in [2.45, 2.75) is 51.4 Å². The summed E-state index contributed by atoms with van der Waals surface area (Å²) in [6.45, 7) is 10.4. The lowest BCUT2D eigenvalue weighted by Crippen LogP contribution is -2.49. The van der Waals surface area contributed by atoms with Gasteiger partial charge in [-0.25, -0.2) is 0 Å². The molecular formula is C11H20BrNO. The molecule has 1 saturated carbocycles. The molecule has 0 heterocycles. The van der Waals surface area contributed by atoms with Crippen molar-refractivity contribution in [2.75, 3.05) is 0 Å². The number of amides is 1. The van der Waals surface area contributed by atoms with E-state index in [2.05, 4.69) is 42.0 Å². The number of hydrogen-bond donors (Lipinski definition) is 1. The van der Waals surface area contributed by atoms with E-state index < -0.39 is 0 Å². The van der Waals surface area contributed by atoms with Gasteiger partial charge >= 0.3 is 0 Å². The summed E-state index contributed by atoms with van der Waals surface area (Å²) in [6.07, 6.45) is 1.02. The summed E-state index contributed by atoms with van der Waals surface area (Å²) >= 11 is 3.51. The fourth-order valence-electron chi connectivity index (χ4n) is 1.42. The maximum absolute atomic E-state index is 11.8. The van der Waals surface area contributed by atoms with Crippen molar-refractivity contribution >= 4 is 21.8 Å². The summed E-state index contributed by atoms with van der Waals surface area (Å²) in [7, 11) is 0. The number of rotatable bonds is 3. The Kier molecular flexibility index (Phi) is 3.01. The lowest BCUT2D eigenvalue weighted by atomic mass is 10.0. The first-order chi connectivity index (χ1) is 6.17. The van der Waals surface area contributed by atoms with E-state index in [4.69, 9.17) is 0 Å². The van der Waals surface area contributed by atoms with Gasteiger partial charge in [-0.05, 0) is 25.7 Å². The Hall–Kier alpha value is -0.0500. The molecule has 0 aromatic rings. The molecule has 1 amide bonds. The Bertz CT molecular complexity index is 246. The van der Waals surface area contributed by atoms with Crippen LogP contribution in [-0.2, 0) is 4.79 Å². The number of nitrogens with one attached hydrogen (secondary N) is 1. The van der Waals surface area contributed by atoms with Gasteiger partial charge in [-0.1, -0.05) is 36.7 Å². The van der Waals surface area contributed by atoms with E-state index >= 15 is 0 Å². The average Bonchev–Trinajstić information content (AvgIpc) is 2.58. The zero-order chi connectivity index (χ0) is 11.1. The molecule has 1 N–H and O–H groups in total. The smallest absolute Gasteiger partial charge is 0.224 e. The van der Waals surface area contributed by atoms with Gasteiger partial charge in [-0.3, -0.25) is 4.79 Å². The molecule has 3 heteroatoms. The Balaban J connectivity index is 2.50. The zero-order valence-electron chi connectivity index (χ0n) is 9.65. The minimum absolute atomic E-state index is 0.171. The van der Waals surface area contributed by atoms with E-state index in [1.807, 2.05) is 13.8 Å². The van der Waals surface area contributed by atoms with Crippen molar-refractivity contribution < 1.29 is 4.79 Å². The van der Waals surface area contributed by atoms with Gasteiger partial charge < -0.3 is 5.32 Å². The summed E-state index contributed by atoms with van der Waals surface area (Å²) in [5.74, 6) is 0.416. The summed E-state index contributed by atoms with van der Waals surface area (Å²) in [6, 6.07) is 0. The van der Waals surface area contributed by atoms with Crippen LogP contribution in [0, 0.1) is 11.3 Å². The monoisotopic (exact) mass is 261 g/mol. The quantitative estimate of drug-likeness (QED) is 0.778. The van der Waals surface area contributed by atoms with Crippen LogP contribution in [0.1, 0.15) is 41.0 Å². The molecule has 0 saturated heterocycles. The number of alkyl halides is 1. The summed E-state index contributed by atoms with van der Waals surface area (Å²) in [5.41, 5.74) is 0.0471. The molecule has 0 aliphatic heterocycles. The normalized spacial score (nSPS) is 26.9. The van der Waals surface area contributed by atoms with Crippen LogP contribution in [0.3, 0.4) is 0 Å². The van der Waals surface area contributed by atoms with Gasteiger partial charge in [0, 0.05) is 16.3 Å². The molecule has 0 aromatic heterocycles. The molecule has 1 aliphatic rings. The van der Waals surface area contributed by atoms with Gasteiger partial charge in [0.2, 0.25) is 5.91 Å². The second-order valence-corrected chi connectivity index (χ2v) is 6.95. The molecule has 2 atom stereocenters. The molecule has 0 bridgehead atoms. The van der Waals surface area contributed by atoms with Crippen molar-refractivity contribution in [2.24, 2.45) is 11.3 Å². The van der Waals surface area contributed by atoms with Crippen LogP contribution in [0.15, 0.2) is 0 Å². The van der Waals surface area contributed by atoms with Crippen LogP contribution in [0.25, 0.3) is 0 Å². The van der Waals surface area contributed by atoms with Gasteiger partial charge in [0.25, 0.3) is 0 Å². The third-order valence-electron chi connectivity index (χ3n) is 3.27. The first kappa shape index (κ1) is 12.0. The summed E-state index contributed by atoms with van der Waals surface area (Å²) in [4.78, 5) is 12.1. The Labute approximate surface area is 95.0 Å². The first-order valence-electron chi connectivity index (χ1n) is 5.13. The molecule has 2 unspecified atom stereocenters. The highest BCUT2D eigenvalue weighted by Gasteiger charge is 2.51. The fraction of sp³-hybridized carbons (Fsp3) is 0.909. The van der Waals surface area contributed by atoms with Gasteiger partial charge in [-0.2, -0.15) is 0 Å². The number of carbonyl (C=O) groups excluding carboxylic acids is 1. The van der Waals surface area contributed by atoms with Gasteiger partial charge in [0.15, 0.2) is 0 Å². The highest BCUT2D eigenvalue weighted by molar-refractivity contribution is 9.09. The van der Waals surface area contributed by atoms with Gasteiger partial charge in [0.1, 0.15) is 0 Å². The molecule has 82 valence electrons. The molecular weight excluding hydrogens is 242 g/mol. The van der Waals surface area contributed by atoms with Crippen LogP contribution < -0.4 is 5.32 Å². The molecule has 1 fully saturated rings. The van der Waals surface area contributed by atoms with E-state index in [0.717, 1.165) is 6.42 Å². The van der Waals surface area contributed by atoms with E-state index in [-0.39, 0.29) is 27.6 Å². The molecule has 14 heavy (non-hydrogen) atoms. The third-order valence-corrected chi connectivity index (χ3v) is 4.41. The topological polar surface area (TPSA) is 29.1 Å². The highest BCUT2D eigenvalue weighted by atomic mass is 79.9. The Morgan fingerprint density at radius 1 is 1.57 bits per heavy atom. The van der Waals surface area contributed by atoms with E-state index in [0.29, 0.717) is 0 Å². The van der Waals surface area contributed by atoms with Crippen molar-refractivity contribution in [3.8, 4) is 0 Å². The summed E-state index contributed by atoms with van der Waals surface area (Å²) < 4.78 is 0. The second-order valence-electron chi connectivity index (χ2n) is 5.57. The maximum Gasteiger partial charge on any atom is 0.224 e. The summed E-state index contributed by atoms with van der Waals surface area (Å²) in [5, 5.41) is 3.09. The van der Waals surface area contributed by atoms with E-state index in [1.165, 1.54) is 0 Å². The molecule has 1 aliphatic carbocycles. The van der Waals surface area contributed by atoms with Crippen LogP contribution in [0.4, 0.5) is 0 Å². The highest BCUT2D eigenvalue weighted by Crippen LogP contribution is 2.51. The molecule has 0 spiro atoms. The Morgan fingerprint density at radius 3 is 2.29 bits per heavy atom. The van der Waals surface area contributed by atoms with Crippen LogP contribution in [0.2, 0.25) is 0 Å². The second kappa shape index (κ2) is 3.51. The van der Waals surface area contributed by atoms with Gasteiger partial charge in [-0.15, -0.1) is 0 Å². The number of halogens is 1. The minimum Gasteiger partial charge on any atom is -0.350 e. The van der Waals surface area contributed by atoms with E-state index in [1.54, 1.807) is 0 Å². The fourth-order valence-corrected chi connectivity index (χ4v) is 1.53. The molecule has 0 aromatic carbocycles. The average molecular weight is 262 g/mol. The van der Waals surface area contributed by atoms with Crippen LogP contribution in [0.5, 0.6) is 0 Å². The van der Waals surface area contributed by atoms with Crippen molar-refractivity contribution in [1.29, 1.82) is 0 Å². The number of carbonyl (C=O) groups is 1. The lowest BCUT2D eigenvalue weighted by Gasteiger charge is -2.29. The predicted molar refractivity (Wildman–Crippen MR) is 62.5 cm³/mol. The molecule has 1 rings (SSSR count). The predicted octanol–water partition coefficient (Wildman–Crippen LogP) is 2.71. The first-order valence-corrected chi connectivity index (χ1v) is 6.04. The maximum atomic E-state index is 11.8.